The molecule has 2 amide bonds. The Hall–Kier alpha value is -0.710. The molecule has 2 aliphatic rings. The first kappa shape index (κ1) is 10.8. The summed E-state index contributed by atoms with van der Waals surface area (Å²) in [6, 6.07) is 0. The van der Waals surface area contributed by atoms with Crippen molar-refractivity contribution in [1.29, 1.82) is 0 Å². The second-order valence-corrected chi connectivity index (χ2v) is 4.97. The Bertz CT molecular complexity index is 302. The minimum Gasteiger partial charge on any atom is -0.335 e. The topological polar surface area (TPSA) is 40.6 Å². The number of piperazine rings is 1. The van der Waals surface area contributed by atoms with Crippen LogP contribution >= 0.6 is 12.6 Å². The van der Waals surface area contributed by atoms with Gasteiger partial charge >= 0.3 is 0 Å². The van der Waals surface area contributed by atoms with Crippen LogP contribution < -0.4 is 0 Å². The molecule has 0 spiro atoms. The first-order valence-corrected chi connectivity index (χ1v) is 5.82. The van der Waals surface area contributed by atoms with Crippen LogP contribution in [0.1, 0.15) is 12.8 Å². The predicted molar refractivity (Wildman–Crippen MR) is 59.7 cm³/mol. The Kier molecular flexibility index (Phi) is 2.66. The van der Waals surface area contributed by atoms with Crippen LogP contribution in [0.5, 0.6) is 0 Å². The van der Waals surface area contributed by atoms with Crippen molar-refractivity contribution in [3.8, 4) is 0 Å². The zero-order valence-corrected chi connectivity index (χ0v) is 9.80. The monoisotopic (exact) mass is 228 g/mol. The molecule has 84 valence electrons. The molecule has 5 heteroatoms. The van der Waals surface area contributed by atoms with E-state index in [0.717, 1.165) is 18.6 Å². The Morgan fingerprint density at radius 3 is 2.47 bits per heavy atom. The third-order valence-electron chi connectivity index (χ3n) is 3.30. The molecule has 4 nitrogen and oxygen atoms in total. The van der Waals surface area contributed by atoms with Gasteiger partial charge in [0.05, 0.1) is 13.1 Å². The first-order chi connectivity index (χ1) is 7.06. The number of likely N-dealkylation sites (N-methyl/N-ethyl adjacent to an activating group) is 1. The van der Waals surface area contributed by atoms with Crippen molar-refractivity contribution in [3.63, 3.8) is 0 Å². The molecule has 0 aromatic rings. The smallest absolute Gasteiger partial charge is 0.242 e. The lowest BCUT2D eigenvalue weighted by atomic mass is 10.1. The second-order valence-electron chi connectivity index (χ2n) is 4.66. The van der Waals surface area contributed by atoms with Crippen LogP contribution in [0.25, 0.3) is 0 Å². The minimum absolute atomic E-state index is 0.0320. The number of carbonyl (C=O) groups is 2. The van der Waals surface area contributed by atoms with Gasteiger partial charge in [0.2, 0.25) is 11.8 Å². The zero-order chi connectivity index (χ0) is 11.1. The quantitative estimate of drug-likeness (QED) is 0.691. The highest BCUT2D eigenvalue weighted by atomic mass is 32.1. The number of hydrogen-bond acceptors (Lipinski definition) is 3. The molecular weight excluding hydrogens is 212 g/mol. The summed E-state index contributed by atoms with van der Waals surface area (Å²) in [5, 5.41) is 0. The van der Waals surface area contributed by atoms with Crippen molar-refractivity contribution in [2.45, 2.75) is 12.8 Å². The van der Waals surface area contributed by atoms with Gasteiger partial charge in [-0.25, -0.2) is 0 Å². The van der Waals surface area contributed by atoms with Gasteiger partial charge in [0.15, 0.2) is 0 Å². The van der Waals surface area contributed by atoms with Crippen LogP contribution in [0.2, 0.25) is 0 Å². The van der Waals surface area contributed by atoms with Gasteiger partial charge < -0.3 is 9.80 Å². The molecule has 1 aliphatic heterocycles. The summed E-state index contributed by atoms with van der Waals surface area (Å²) in [5.41, 5.74) is 0.203. The van der Waals surface area contributed by atoms with E-state index in [9.17, 15) is 9.59 Å². The standard InChI is InChI=1S/C10H16N2O2S/c1-11-4-9(14)12(5-8(11)13)6-10(7-15)2-3-10/h15H,2-7H2,1H3. The summed E-state index contributed by atoms with van der Waals surface area (Å²) < 4.78 is 0. The van der Waals surface area contributed by atoms with Gasteiger partial charge in [-0.2, -0.15) is 12.6 Å². The Balaban J connectivity index is 1.97. The van der Waals surface area contributed by atoms with E-state index in [4.69, 9.17) is 0 Å². The largest absolute Gasteiger partial charge is 0.335 e. The maximum absolute atomic E-state index is 11.7. The van der Waals surface area contributed by atoms with Gasteiger partial charge in [0.1, 0.15) is 0 Å². The Morgan fingerprint density at radius 2 is 1.93 bits per heavy atom. The summed E-state index contributed by atoms with van der Waals surface area (Å²) in [6.07, 6.45) is 2.26. The lowest BCUT2D eigenvalue weighted by molar-refractivity contribution is -0.149. The first-order valence-electron chi connectivity index (χ1n) is 5.19. The van der Waals surface area contributed by atoms with E-state index in [1.165, 1.54) is 4.90 Å². The van der Waals surface area contributed by atoms with Gasteiger partial charge in [-0.3, -0.25) is 9.59 Å². The van der Waals surface area contributed by atoms with Gasteiger partial charge in [-0.05, 0) is 24.0 Å². The van der Waals surface area contributed by atoms with Crippen molar-refractivity contribution < 1.29 is 9.59 Å². The second kappa shape index (κ2) is 3.70. The van der Waals surface area contributed by atoms with Gasteiger partial charge in [-0.15, -0.1) is 0 Å². The van der Waals surface area contributed by atoms with Crippen LogP contribution in [0.4, 0.5) is 0 Å². The number of rotatable bonds is 3. The van der Waals surface area contributed by atoms with Gasteiger partial charge in [-0.1, -0.05) is 0 Å². The molecule has 0 radical (unpaired) electrons. The highest BCUT2D eigenvalue weighted by molar-refractivity contribution is 7.80. The molecule has 0 N–H and O–H groups in total. The summed E-state index contributed by atoms with van der Waals surface area (Å²) in [4.78, 5) is 26.3. The number of amides is 2. The summed E-state index contributed by atoms with van der Waals surface area (Å²) in [6.45, 7) is 1.17. The van der Waals surface area contributed by atoms with E-state index in [2.05, 4.69) is 12.6 Å². The molecular formula is C10H16N2O2S. The molecule has 15 heavy (non-hydrogen) atoms. The highest BCUT2D eigenvalue weighted by Crippen LogP contribution is 2.47. The fourth-order valence-electron chi connectivity index (χ4n) is 1.86. The van der Waals surface area contributed by atoms with Crippen molar-refractivity contribution in [3.05, 3.63) is 0 Å². The lowest BCUT2D eigenvalue weighted by Gasteiger charge is -2.33. The fourth-order valence-corrected chi connectivity index (χ4v) is 2.27. The molecule has 1 heterocycles. The van der Waals surface area contributed by atoms with E-state index >= 15 is 0 Å². The molecule has 1 saturated heterocycles. The summed E-state index contributed by atoms with van der Waals surface area (Å²) in [7, 11) is 1.67. The molecule has 0 unspecified atom stereocenters. The molecule has 1 aliphatic carbocycles. The van der Waals surface area contributed by atoms with Crippen LogP contribution in [-0.4, -0.2) is 54.0 Å². The highest BCUT2D eigenvalue weighted by Gasteiger charge is 2.44. The molecule has 1 saturated carbocycles. The molecule has 0 aromatic heterocycles. The Morgan fingerprint density at radius 1 is 1.27 bits per heavy atom. The predicted octanol–water partition coefficient (Wildman–Crippen LogP) is -0.00300. The maximum atomic E-state index is 11.7. The third-order valence-corrected chi connectivity index (χ3v) is 3.97. The molecule has 0 atom stereocenters. The third kappa shape index (κ3) is 2.12. The van der Waals surface area contributed by atoms with E-state index < -0.39 is 0 Å². The van der Waals surface area contributed by atoms with Gasteiger partial charge in [0, 0.05) is 13.6 Å². The number of nitrogens with zero attached hydrogens (tertiary/aromatic N) is 2. The van der Waals surface area contributed by atoms with E-state index in [-0.39, 0.29) is 30.3 Å². The van der Waals surface area contributed by atoms with E-state index in [1.54, 1.807) is 11.9 Å². The molecule has 2 rings (SSSR count). The molecule has 0 bridgehead atoms. The number of thiol groups is 1. The van der Waals surface area contributed by atoms with Crippen molar-refractivity contribution in [1.82, 2.24) is 9.80 Å². The SMILES string of the molecule is CN1CC(=O)N(CC2(CS)CC2)CC1=O. The van der Waals surface area contributed by atoms with Crippen LogP contribution in [0, 0.1) is 5.41 Å². The molecule has 0 aromatic carbocycles. The van der Waals surface area contributed by atoms with E-state index in [1.807, 2.05) is 0 Å². The van der Waals surface area contributed by atoms with Crippen LogP contribution in [0.15, 0.2) is 0 Å². The number of hydrogen-bond donors (Lipinski definition) is 1. The maximum Gasteiger partial charge on any atom is 0.242 e. The van der Waals surface area contributed by atoms with Crippen molar-refractivity contribution in [2.24, 2.45) is 5.41 Å². The average molecular weight is 228 g/mol. The van der Waals surface area contributed by atoms with Crippen LogP contribution in [0.3, 0.4) is 0 Å². The average Bonchev–Trinajstić information content (AvgIpc) is 2.95. The van der Waals surface area contributed by atoms with Crippen LogP contribution in [-0.2, 0) is 9.59 Å². The minimum atomic E-state index is 0.0320. The summed E-state index contributed by atoms with van der Waals surface area (Å²) >= 11 is 4.30. The molecule has 2 fully saturated rings. The van der Waals surface area contributed by atoms with Crippen molar-refractivity contribution in [2.75, 3.05) is 32.4 Å². The lowest BCUT2D eigenvalue weighted by Crippen LogP contribution is -2.53. The summed E-state index contributed by atoms with van der Waals surface area (Å²) in [5.74, 6) is 0.899. The number of carbonyl (C=O) groups excluding carboxylic acids is 2. The normalized spacial score (nSPS) is 24.7. The zero-order valence-electron chi connectivity index (χ0n) is 8.90. The van der Waals surface area contributed by atoms with E-state index in [0.29, 0.717) is 6.54 Å². The fraction of sp³-hybridized carbons (Fsp3) is 0.800. The van der Waals surface area contributed by atoms with Crippen molar-refractivity contribution >= 4 is 24.4 Å². The Labute approximate surface area is 95.0 Å². The van der Waals surface area contributed by atoms with Gasteiger partial charge in [0.25, 0.3) is 0 Å².